The third kappa shape index (κ3) is 5.20. The Morgan fingerprint density at radius 1 is 1.10 bits per heavy atom. The van der Waals surface area contributed by atoms with Gasteiger partial charge in [0.1, 0.15) is 12.3 Å². The summed E-state index contributed by atoms with van der Waals surface area (Å²) in [5.41, 5.74) is 1.08. The first-order chi connectivity index (χ1) is 14.9. The number of carbonyl (C=O) groups is 3. The molecule has 10 heteroatoms. The van der Waals surface area contributed by atoms with Gasteiger partial charge in [-0.05, 0) is 54.2 Å². The van der Waals surface area contributed by atoms with Crippen LogP contribution in [0.2, 0.25) is 0 Å². The monoisotopic (exact) mass is 506 g/mol. The summed E-state index contributed by atoms with van der Waals surface area (Å²) in [5, 5.41) is 2.13. The van der Waals surface area contributed by atoms with Crippen LogP contribution in [0, 0.1) is 0 Å². The number of ether oxygens (including phenoxy) is 3. The summed E-state index contributed by atoms with van der Waals surface area (Å²) in [6, 6.07) is 10.2. The molecule has 0 bridgehead atoms. The average Bonchev–Trinajstić information content (AvgIpc) is 3.01. The molecule has 1 aliphatic rings. The Balaban J connectivity index is 1.76. The Bertz CT molecular complexity index is 1050. The lowest BCUT2D eigenvalue weighted by Gasteiger charge is -2.13. The highest BCUT2D eigenvalue weighted by Gasteiger charge is 2.36. The summed E-state index contributed by atoms with van der Waals surface area (Å²) in [6.07, 6.45) is 1.54. The van der Waals surface area contributed by atoms with Crippen molar-refractivity contribution in [1.82, 2.24) is 4.90 Å². The molecule has 162 valence electrons. The number of anilines is 1. The van der Waals surface area contributed by atoms with E-state index in [-0.39, 0.29) is 4.91 Å². The normalized spacial score (nSPS) is 14.7. The minimum atomic E-state index is -0.555. The maximum atomic E-state index is 12.8. The van der Waals surface area contributed by atoms with Gasteiger partial charge in [-0.25, -0.2) is 0 Å². The SMILES string of the molecule is COc1ccc(NC(=O)CN2C(=O)S/C(=C/c3cc(Br)cc(OC)c3OC)C2=O)cc1. The van der Waals surface area contributed by atoms with Crippen molar-refractivity contribution < 1.29 is 28.6 Å². The molecule has 3 rings (SSSR count). The number of amides is 3. The van der Waals surface area contributed by atoms with E-state index in [2.05, 4.69) is 21.2 Å². The van der Waals surface area contributed by atoms with Crippen molar-refractivity contribution in [3.8, 4) is 17.2 Å². The molecular weight excluding hydrogens is 488 g/mol. The van der Waals surface area contributed by atoms with E-state index >= 15 is 0 Å². The summed E-state index contributed by atoms with van der Waals surface area (Å²) in [5.74, 6) is 0.501. The number of hydrogen-bond acceptors (Lipinski definition) is 7. The number of methoxy groups -OCH3 is 3. The maximum Gasteiger partial charge on any atom is 0.294 e. The molecule has 1 fully saturated rings. The van der Waals surface area contributed by atoms with E-state index in [0.29, 0.717) is 28.5 Å². The second kappa shape index (κ2) is 9.88. The average molecular weight is 507 g/mol. The van der Waals surface area contributed by atoms with E-state index in [4.69, 9.17) is 14.2 Å². The number of imide groups is 1. The number of rotatable bonds is 7. The van der Waals surface area contributed by atoms with E-state index in [0.717, 1.165) is 21.1 Å². The Morgan fingerprint density at radius 3 is 2.42 bits per heavy atom. The van der Waals surface area contributed by atoms with Crippen LogP contribution in [-0.2, 0) is 9.59 Å². The summed E-state index contributed by atoms with van der Waals surface area (Å²) in [6.45, 7) is -0.396. The van der Waals surface area contributed by atoms with Crippen LogP contribution < -0.4 is 19.5 Å². The summed E-state index contributed by atoms with van der Waals surface area (Å²) in [4.78, 5) is 38.6. The number of benzene rings is 2. The number of nitrogens with zero attached hydrogens (tertiary/aromatic N) is 1. The van der Waals surface area contributed by atoms with Gasteiger partial charge in [0.25, 0.3) is 11.1 Å². The van der Waals surface area contributed by atoms with Crippen LogP contribution in [0.5, 0.6) is 17.2 Å². The Morgan fingerprint density at radius 2 is 1.81 bits per heavy atom. The summed E-state index contributed by atoms with van der Waals surface area (Å²) in [7, 11) is 4.53. The molecule has 1 heterocycles. The smallest absolute Gasteiger partial charge is 0.294 e. The van der Waals surface area contributed by atoms with Crippen molar-refractivity contribution in [1.29, 1.82) is 0 Å². The topological polar surface area (TPSA) is 94.2 Å². The van der Waals surface area contributed by atoms with E-state index in [1.54, 1.807) is 49.6 Å². The number of nitrogens with one attached hydrogen (secondary N) is 1. The number of halogens is 1. The Hall–Kier alpha value is -2.98. The molecule has 2 aromatic rings. The molecular formula is C21H19BrN2O6S. The first-order valence-corrected chi connectivity index (χ1v) is 10.6. The fourth-order valence-electron chi connectivity index (χ4n) is 2.86. The third-order valence-corrected chi connectivity index (χ3v) is 5.67. The second-order valence-electron chi connectivity index (χ2n) is 6.28. The second-order valence-corrected chi connectivity index (χ2v) is 8.18. The Labute approximate surface area is 191 Å². The van der Waals surface area contributed by atoms with Gasteiger partial charge in [-0.15, -0.1) is 0 Å². The van der Waals surface area contributed by atoms with Gasteiger partial charge in [-0.3, -0.25) is 19.3 Å². The maximum absolute atomic E-state index is 12.8. The van der Waals surface area contributed by atoms with Crippen molar-refractivity contribution >= 4 is 56.5 Å². The standard InChI is InChI=1S/C21H19BrN2O6S/c1-28-15-6-4-14(5-7-15)23-18(25)11-24-20(26)17(31-21(24)27)9-12-8-13(22)10-16(29-2)19(12)30-3/h4-10H,11H2,1-3H3,(H,23,25)/b17-9+. The minimum Gasteiger partial charge on any atom is -0.497 e. The van der Waals surface area contributed by atoms with Gasteiger partial charge in [0, 0.05) is 15.7 Å². The highest BCUT2D eigenvalue weighted by atomic mass is 79.9. The zero-order valence-electron chi connectivity index (χ0n) is 16.9. The summed E-state index contributed by atoms with van der Waals surface area (Å²) < 4.78 is 16.5. The molecule has 1 N–H and O–H groups in total. The highest BCUT2D eigenvalue weighted by molar-refractivity contribution is 9.10. The van der Waals surface area contributed by atoms with Gasteiger partial charge in [0.05, 0.1) is 26.2 Å². The molecule has 31 heavy (non-hydrogen) atoms. The zero-order chi connectivity index (χ0) is 22.5. The Kier molecular flexibility index (Phi) is 7.24. The van der Waals surface area contributed by atoms with Crippen LogP contribution in [0.25, 0.3) is 6.08 Å². The fraction of sp³-hybridized carbons (Fsp3) is 0.190. The van der Waals surface area contributed by atoms with Crippen molar-refractivity contribution in [2.24, 2.45) is 0 Å². The minimum absolute atomic E-state index is 0.181. The lowest BCUT2D eigenvalue weighted by molar-refractivity contribution is -0.127. The van der Waals surface area contributed by atoms with Gasteiger partial charge in [0.2, 0.25) is 5.91 Å². The van der Waals surface area contributed by atoms with E-state index in [1.165, 1.54) is 14.2 Å². The molecule has 0 saturated carbocycles. The van der Waals surface area contributed by atoms with Crippen LogP contribution in [0.1, 0.15) is 5.56 Å². The van der Waals surface area contributed by atoms with Crippen LogP contribution in [0.15, 0.2) is 45.8 Å². The summed E-state index contributed by atoms with van der Waals surface area (Å²) >= 11 is 4.14. The van der Waals surface area contributed by atoms with Gasteiger partial charge in [-0.1, -0.05) is 15.9 Å². The molecule has 0 unspecified atom stereocenters. The molecule has 0 aliphatic carbocycles. The van der Waals surface area contributed by atoms with E-state index in [1.807, 2.05) is 0 Å². The molecule has 0 spiro atoms. The van der Waals surface area contributed by atoms with Crippen molar-refractivity contribution in [3.63, 3.8) is 0 Å². The molecule has 0 atom stereocenters. The quantitative estimate of drug-likeness (QED) is 0.563. The van der Waals surface area contributed by atoms with Gasteiger partial charge < -0.3 is 19.5 Å². The first kappa shape index (κ1) is 22.7. The van der Waals surface area contributed by atoms with Crippen molar-refractivity contribution in [2.45, 2.75) is 0 Å². The van der Waals surface area contributed by atoms with Crippen LogP contribution in [0.3, 0.4) is 0 Å². The van der Waals surface area contributed by atoms with Crippen molar-refractivity contribution in [3.05, 3.63) is 51.3 Å². The lowest BCUT2D eigenvalue weighted by atomic mass is 10.1. The van der Waals surface area contributed by atoms with Gasteiger partial charge in [-0.2, -0.15) is 0 Å². The van der Waals surface area contributed by atoms with Gasteiger partial charge >= 0.3 is 0 Å². The largest absolute Gasteiger partial charge is 0.497 e. The molecule has 0 radical (unpaired) electrons. The fourth-order valence-corrected chi connectivity index (χ4v) is 4.15. The molecule has 1 saturated heterocycles. The molecule has 2 aromatic carbocycles. The lowest BCUT2D eigenvalue weighted by Crippen LogP contribution is -2.36. The van der Waals surface area contributed by atoms with Crippen LogP contribution >= 0.6 is 27.7 Å². The third-order valence-electron chi connectivity index (χ3n) is 4.31. The van der Waals surface area contributed by atoms with Crippen molar-refractivity contribution in [2.75, 3.05) is 33.2 Å². The number of thioether (sulfide) groups is 1. The number of hydrogen-bond donors (Lipinski definition) is 1. The molecule has 1 aliphatic heterocycles. The molecule has 3 amide bonds. The highest BCUT2D eigenvalue weighted by Crippen LogP contribution is 2.39. The predicted molar refractivity (Wildman–Crippen MR) is 122 cm³/mol. The van der Waals surface area contributed by atoms with Gasteiger partial charge in [0.15, 0.2) is 11.5 Å². The van der Waals surface area contributed by atoms with E-state index in [9.17, 15) is 14.4 Å². The van der Waals surface area contributed by atoms with E-state index < -0.39 is 23.6 Å². The number of carbonyl (C=O) groups excluding carboxylic acids is 3. The zero-order valence-corrected chi connectivity index (χ0v) is 19.3. The first-order valence-electron chi connectivity index (χ1n) is 8.97. The van der Waals surface area contributed by atoms with Crippen LogP contribution in [-0.4, -0.2) is 49.8 Å². The molecule has 0 aromatic heterocycles. The van der Waals surface area contributed by atoms with Crippen LogP contribution in [0.4, 0.5) is 10.5 Å². The molecule has 8 nitrogen and oxygen atoms in total. The predicted octanol–water partition coefficient (Wildman–Crippen LogP) is 4.15.